The average Bonchev–Trinajstić information content (AvgIpc) is 2.39. The second-order valence-corrected chi connectivity index (χ2v) is 7.04. The number of benzene rings is 1. The number of sulfone groups is 1. The first-order chi connectivity index (χ1) is 7.24. The first-order valence-corrected chi connectivity index (χ1v) is 6.84. The Morgan fingerprint density at radius 1 is 1.38 bits per heavy atom. The van der Waals surface area contributed by atoms with Crippen molar-refractivity contribution in [3.8, 4) is 0 Å². The third kappa shape index (κ3) is 1.57. The van der Waals surface area contributed by atoms with Gasteiger partial charge in [-0.1, -0.05) is 12.1 Å². The van der Waals surface area contributed by atoms with E-state index in [2.05, 4.69) is 0 Å². The van der Waals surface area contributed by atoms with Crippen molar-refractivity contribution in [3.63, 3.8) is 0 Å². The number of rotatable bonds is 1. The van der Waals surface area contributed by atoms with Crippen molar-refractivity contribution in [1.82, 2.24) is 0 Å². The summed E-state index contributed by atoms with van der Waals surface area (Å²) in [6.07, 6.45) is 0.411. The van der Waals surface area contributed by atoms with E-state index in [0.29, 0.717) is 11.3 Å². The molecule has 3 nitrogen and oxygen atoms in total. The summed E-state index contributed by atoms with van der Waals surface area (Å²) in [5, 5.41) is 9.21. The summed E-state index contributed by atoms with van der Waals surface area (Å²) in [7, 11) is -3.38. The van der Waals surface area contributed by atoms with E-state index in [9.17, 15) is 13.5 Å². The molecule has 2 rings (SSSR count). The van der Waals surface area contributed by atoms with Gasteiger partial charge in [-0.2, -0.15) is 0 Å². The summed E-state index contributed by atoms with van der Waals surface area (Å²) < 4.78 is 24.4. The van der Waals surface area contributed by atoms with E-state index in [4.69, 9.17) is 0 Å². The van der Waals surface area contributed by atoms with E-state index in [1.807, 2.05) is 13.0 Å². The molecular formula is C12H16O3S. The zero-order chi connectivity index (χ0) is 12.1. The molecule has 16 heavy (non-hydrogen) atoms. The van der Waals surface area contributed by atoms with E-state index >= 15 is 0 Å². The largest absolute Gasteiger partial charge is 0.389 e. The van der Waals surface area contributed by atoms with Gasteiger partial charge in [0.15, 0.2) is 9.84 Å². The average molecular weight is 240 g/mol. The van der Waals surface area contributed by atoms with Crippen molar-refractivity contribution in [2.45, 2.75) is 42.9 Å². The normalized spacial score (nSPS) is 23.1. The molecular weight excluding hydrogens is 224 g/mol. The maximum Gasteiger partial charge on any atom is 0.184 e. The summed E-state index contributed by atoms with van der Waals surface area (Å²) in [5.41, 5.74) is 0.632. The molecule has 1 N–H and O–H groups in total. The van der Waals surface area contributed by atoms with Crippen LogP contribution in [0.3, 0.4) is 0 Å². The zero-order valence-electron chi connectivity index (χ0n) is 9.69. The van der Waals surface area contributed by atoms with Gasteiger partial charge in [0.25, 0.3) is 0 Å². The van der Waals surface area contributed by atoms with Crippen LogP contribution < -0.4 is 0 Å². The summed E-state index contributed by atoms with van der Waals surface area (Å²) >= 11 is 0. The molecule has 0 amide bonds. The lowest BCUT2D eigenvalue weighted by molar-refractivity contribution is 0.0760. The van der Waals surface area contributed by atoms with E-state index in [1.54, 1.807) is 26.0 Å². The van der Waals surface area contributed by atoms with Crippen LogP contribution in [0.1, 0.15) is 25.0 Å². The molecule has 1 aromatic rings. The molecule has 0 spiro atoms. The fourth-order valence-electron chi connectivity index (χ4n) is 2.28. The Labute approximate surface area is 96.0 Å². The molecule has 1 aliphatic heterocycles. The van der Waals surface area contributed by atoms with E-state index in [-0.39, 0.29) is 0 Å². The molecule has 0 fully saturated rings. The smallest absolute Gasteiger partial charge is 0.184 e. The van der Waals surface area contributed by atoms with Gasteiger partial charge in [-0.3, -0.25) is 0 Å². The van der Waals surface area contributed by atoms with Gasteiger partial charge in [0.05, 0.1) is 15.7 Å². The molecule has 0 bridgehead atoms. The number of aryl methyl sites for hydroxylation is 1. The number of fused-ring (bicyclic) bond motifs is 1. The first-order valence-electron chi connectivity index (χ1n) is 5.29. The van der Waals surface area contributed by atoms with Crippen LogP contribution in [0, 0.1) is 6.92 Å². The predicted octanol–water partition coefficient (Wildman–Crippen LogP) is 1.46. The Morgan fingerprint density at radius 2 is 2.00 bits per heavy atom. The second kappa shape index (κ2) is 3.31. The van der Waals surface area contributed by atoms with Crippen LogP contribution in [0.25, 0.3) is 0 Å². The molecule has 4 heteroatoms. The van der Waals surface area contributed by atoms with Crippen LogP contribution in [0.2, 0.25) is 0 Å². The highest BCUT2D eigenvalue weighted by Crippen LogP contribution is 2.37. The number of aliphatic hydroxyl groups is 1. The predicted molar refractivity (Wildman–Crippen MR) is 62.2 cm³/mol. The SMILES string of the molecule is Cc1cccc2c1CC(C(C)(C)O)S2(=O)=O. The third-order valence-electron chi connectivity index (χ3n) is 3.23. The molecule has 1 heterocycles. The Morgan fingerprint density at radius 3 is 2.50 bits per heavy atom. The quantitative estimate of drug-likeness (QED) is 0.808. The van der Waals surface area contributed by atoms with Crippen LogP contribution in [-0.4, -0.2) is 24.4 Å². The molecule has 0 aliphatic carbocycles. The highest BCUT2D eigenvalue weighted by Gasteiger charge is 2.45. The molecule has 0 radical (unpaired) electrons. The molecule has 1 aromatic carbocycles. The van der Waals surface area contributed by atoms with Crippen molar-refractivity contribution in [2.75, 3.05) is 0 Å². The van der Waals surface area contributed by atoms with Gasteiger partial charge in [0.2, 0.25) is 0 Å². The fraction of sp³-hybridized carbons (Fsp3) is 0.500. The molecule has 1 aliphatic rings. The monoisotopic (exact) mass is 240 g/mol. The van der Waals surface area contributed by atoms with Gasteiger partial charge >= 0.3 is 0 Å². The lowest BCUT2D eigenvalue weighted by Gasteiger charge is -2.24. The Balaban J connectivity index is 2.64. The molecule has 88 valence electrons. The highest BCUT2D eigenvalue weighted by molar-refractivity contribution is 7.92. The van der Waals surface area contributed by atoms with Gasteiger partial charge in [0, 0.05) is 0 Å². The van der Waals surface area contributed by atoms with Crippen molar-refractivity contribution in [3.05, 3.63) is 29.3 Å². The minimum Gasteiger partial charge on any atom is -0.389 e. The van der Waals surface area contributed by atoms with Crippen LogP contribution in [0.4, 0.5) is 0 Å². The van der Waals surface area contributed by atoms with Crippen molar-refractivity contribution in [2.24, 2.45) is 0 Å². The molecule has 1 unspecified atom stereocenters. The summed E-state index contributed by atoms with van der Waals surface area (Å²) in [6.45, 7) is 5.01. The van der Waals surface area contributed by atoms with Gasteiger partial charge in [-0.05, 0) is 44.4 Å². The van der Waals surface area contributed by atoms with Crippen molar-refractivity contribution < 1.29 is 13.5 Å². The third-order valence-corrected chi connectivity index (χ3v) is 5.71. The van der Waals surface area contributed by atoms with Crippen molar-refractivity contribution in [1.29, 1.82) is 0 Å². The van der Waals surface area contributed by atoms with Crippen LogP contribution in [0.15, 0.2) is 23.1 Å². The molecule has 1 atom stereocenters. The van der Waals surface area contributed by atoms with Gasteiger partial charge in [-0.15, -0.1) is 0 Å². The standard InChI is InChI=1S/C12H16O3S/c1-8-5-4-6-10-9(8)7-11(12(2,3)13)16(10,14)15/h4-6,11,13H,7H2,1-3H3. The lowest BCUT2D eigenvalue weighted by atomic mass is 9.96. The van der Waals surface area contributed by atoms with E-state index < -0.39 is 20.7 Å². The van der Waals surface area contributed by atoms with E-state index in [0.717, 1.165) is 11.1 Å². The molecule has 0 saturated heterocycles. The first kappa shape index (κ1) is 11.6. The summed E-state index contributed by atoms with van der Waals surface area (Å²) in [4.78, 5) is 0.389. The Kier molecular flexibility index (Phi) is 2.40. The fourth-order valence-corrected chi connectivity index (χ4v) is 4.59. The van der Waals surface area contributed by atoms with Crippen LogP contribution >= 0.6 is 0 Å². The second-order valence-electron chi connectivity index (χ2n) is 4.94. The van der Waals surface area contributed by atoms with Crippen LogP contribution in [0.5, 0.6) is 0 Å². The van der Waals surface area contributed by atoms with Gasteiger partial charge in [-0.25, -0.2) is 8.42 Å². The minimum absolute atomic E-state index is 0.389. The zero-order valence-corrected chi connectivity index (χ0v) is 10.5. The molecule has 0 saturated carbocycles. The minimum atomic E-state index is -3.38. The maximum absolute atomic E-state index is 12.2. The Hall–Kier alpha value is -0.870. The Bertz CT molecular complexity index is 524. The summed E-state index contributed by atoms with van der Waals surface area (Å²) in [6, 6.07) is 5.28. The van der Waals surface area contributed by atoms with Crippen LogP contribution in [-0.2, 0) is 16.3 Å². The van der Waals surface area contributed by atoms with Gasteiger partial charge < -0.3 is 5.11 Å². The number of hydrogen-bond acceptors (Lipinski definition) is 3. The lowest BCUT2D eigenvalue weighted by Crippen LogP contribution is -2.40. The maximum atomic E-state index is 12.2. The summed E-state index contributed by atoms with van der Waals surface area (Å²) in [5.74, 6) is 0. The van der Waals surface area contributed by atoms with Gasteiger partial charge in [0.1, 0.15) is 0 Å². The van der Waals surface area contributed by atoms with E-state index in [1.165, 1.54) is 0 Å². The topological polar surface area (TPSA) is 54.4 Å². The molecule has 0 aromatic heterocycles. The van der Waals surface area contributed by atoms with Crippen molar-refractivity contribution >= 4 is 9.84 Å². The highest BCUT2D eigenvalue weighted by atomic mass is 32.2. The number of hydrogen-bond donors (Lipinski definition) is 1.